The van der Waals surface area contributed by atoms with Gasteiger partial charge in [0.05, 0.1) is 5.69 Å². The van der Waals surface area contributed by atoms with Crippen LogP contribution in [-0.4, -0.2) is 19.6 Å². The van der Waals surface area contributed by atoms with E-state index in [-0.39, 0.29) is 5.56 Å². The molecule has 0 saturated heterocycles. The minimum absolute atomic E-state index is 0.107. The normalized spacial score (nSPS) is 11.3. The number of aromatic nitrogens is 4. The number of pyridine rings is 2. The molecule has 4 aromatic rings. The fourth-order valence-corrected chi connectivity index (χ4v) is 3.23. The Morgan fingerprint density at radius 3 is 2.88 bits per heavy atom. The zero-order chi connectivity index (χ0) is 18.3. The fourth-order valence-electron chi connectivity index (χ4n) is 3.05. The first kappa shape index (κ1) is 16.6. The van der Waals surface area contributed by atoms with Crippen LogP contribution < -0.4 is 10.9 Å². The molecule has 0 radical (unpaired) electrons. The zero-order valence-corrected chi connectivity index (χ0v) is 15.3. The second kappa shape index (κ2) is 6.46. The van der Waals surface area contributed by atoms with E-state index < -0.39 is 0 Å². The molecule has 0 atom stereocenters. The van der Waals surface area contributed by atoms with Gasteiger partial charge in [0.15, 0.2) is 5.65 Å². The Bertz CT molecular complexity index is 1180. The van der Waals surface area contributed by atoms with Crippen molar-refractivity contribution in [2.75, 3.05) is 5.32 Å². The molecule has 0 aliphatic rings. The summed E-state index contributed by atoms with van der Waals surface area (Å²) in [5.74, 6) is 0.904. The van der Waals surface area contributed by atoms with Crippen LogP contribution in [0.2, 0.25) is 5.02 Å². The van der Waals surface area contributed by atoms with Crippen molar-refractivity contribution >= 4 is 33.8 Å². The van der Waals surface area contributed by atoms with Crippen LogP contribution >= 0.6 is 11.6 Å². The molecule has 3 aromatic heterocycles. The summed E-state index contributed by atoms with van der Waals surface area (Å²) in [6, 6.07) is 9.28. The van der Waals surface area contributed by atoms with Crippen LogP contribution in [0, 0.1) is 6.92 Å². The number of nitrogens with one attached hydrogen (secondary N) is 2. The van der Waals surface area contributed by atoms with Gasteiger partial charge in [-0.1, -0.05) is 18.5 Å². The second-order valence-electron chi connectivity index (χ2n) is 6.28. The summed E-state index contributed by atoms with van der Waals surface area (Å²) in [5.41, 5.74) is 4.13. The SMILES string of the molecule is CCc1nnc2cc(C)c(NCc3cc4cc(Cl)ccc4[nH]c3=O)cn12. The van der Waals surface area contributed by atoms with Crippen LogP contribution in [0.15, 0.2) is 41.3 Å². The molecule has 3 heterocycles. The summed E-state index contributed by atoms with van der Waals surface area (Å²) >= 11 is 6.06. The molecule has 6 nitrogen and oxygen atoms in total. The number of rotatable bonds is 4. The first-order valence-corrected chi connectivity index (χ1v) is 8.82. The number of fused-ring (bicyclic) bond motifs is 2. The van der Waals surface area contributed by atoms with Gasteiger partial charge in [-0.3, -0.25) is 9.20 Å². The van der Waals surface area contributed by atoms with Crippen molar-refractivity contribution in [1.29, 1.82) is 0 Å². The van der Waals surface area contributed by atoms with Crippen molar-refractivity contribution in [1.82, 2.24) is 19.6 Å². The van der Waals surface area contributed by atoms with Crippen LogP contribution in [0.1, 0.15) is 23.9 Å². The third kappa shape index (κ3) is 2.93. The van der Waals surface area contributed by atoms with Crippen molar-refractivity contribution in [3.05, 3.63) is 68.9 Å². The molecule has 0 aliphatic heterocycles. The summed E-state index contributed by atoms with van der Waals surface area (Å²) in [4.78, 5) is 15.2. The monoisotopic (exact) mass is 367 g/mol. The Morgan fingerprint density at radius 2 is 2.08 bits per heavy atom. The maximum absolute atomic E-state index is 12.3. The number of aryl methyl sites for hydroxylation is 2. The number of nitrogens with zero attached hydrogens (tertiary/aromatic N) is 3. The summed E-state index contributed by atoms with van der Waals surface area (Å²) in [6.07, 6.45) is 2.78. The highest BCUT2D eigenvalue weighted by Crippen LogP contribution is 2.20. The van der Waals surface area contributed by atoms with Crippen LogP contribution in [0.3, 0.4) is 0 Å². The highest BCUT2D eigenvalue weighted by molar-refractivity contribution is 6.31. The maximum Gasteiger partial charge on any atom is 0.253 e. The number of halogens is 1. The Hall–Kier alpha value is -2.86. The number of anilines is 1. The van der Waals surface area contributed by atoms with Gasteiger partial charge >= 0.3 is 0 Å². The van der Waals surface area contributed by atoms with Gasteiger partial charge < -0.3 is 10.3 Å². The van der Waals surface area contributed by atoms with Crippen LogP contribution in [0.4, 0.5) is 5.69 Å². The number of hydrogen-bond donors (Lipinski definition) is 2. The van der Waals surface area contributed by atoms with Gasteiger partial charge in [-0.05, 0) is 42.8 Å². The lowest BCUT2D eigenvalue weighted by molar-refractivity contribution is 0.908. The van der Waals surface area contributed by atoms with Gasteiger partial charge in [-0.2, -0.15) is 0 Å². The van der Waals surface area contributed by atoms with Gasteiger partial charge in [0.2, 0.25) is 0 Å². The minimum atomic E-state index is -0.107. The zero-order valence-electron chi connectivity index (χ0n) is 14.5. The average Bonchev–Trinajstić information content (AvgIpc) is 3.01. The van der Waals surface area contributed by atoms with E-state index in [0.29, 0.717) is 17.1 Å². The van der Waals surface area contributed by atoms with Crippen molar-refractivity contribution in [2.24, 2.45) is 0 Å². The lowest BCUT2D eigenvalue weighted by Gasteiger charge is -2.11. The van der Waals surface area contributed by atoms with E-state index in [0.717, 1.165) is 40.0 Å². The number of aromatic amines is 1. The van der Waals surface area contributed by atoms with E-state index in [1.54, 1.807) is 6.07 Å². The third-order valence-electron chi connectivity index (χ3n) is 4.49. The molecule has 0 unspecified atom stereocenters. The Morgan fingerprint density at radius 1 is 1.23 bits per heavy atom. The molecular weight excluding hydrogens is 350 g/mol. The lowest BCUT2D eigenvalue weighted by atomic mass is 10.1. The van der Waals surface area contributed by atoms with Gasteiger partial charge in [0.25, 0.3) is 5.56 Å². The van der Waals surface area contributed by atoms with Crippen molar-refractivity contribution < 1.29 is 0 Å². The maximum atomic E-state index is 12.3. The fraction of sp³-hybridized carbons (Fsp3) is 0.211. The summed E-state index contributed by atoms with van der Waals surface area (Å²) in [7, 11) is 0. The lowest BCUT2D eigenvalue weighted by Crippen LogP contribution is -2.16. The van der Waals surface area contributed by atoms with Crippen LogP contribution in [0.25, 0.3) is 16.6 Å². The van der Waals surface area contributed by atoms with E-state index in [1.165, 1.54) is 0 Å². The third-order valence-corrected chi connectivity index (χ3v) is 4.73. The molecule has 4 rings (SSSR count). The van der Waals surface area contributed by atoms with Gasteiger partial charge in [-0.15, -0.1) is 10.2 Å². The molecule has 2 N–H and O–H groups in total. The van der Waals surface area contributed by atoms with Crippen molar-refractivity contribution in [3.8, 4) is 0 Å². The number of hydrogen-bond acceptors (Lipinski definition) is 4. The molecule has 132 valence electrons. The largest absolute Gasteiger partial charge is 0.379 e. The van der Waals surface area contributed by atoms with E-state index in [9.17, 15) is 4.79 Å². The molecule has 0 saturated carbocycles. The molecule has 0 amide bonds. The quantitative estimate of drug-likeness (QED) is 0.576. The van der Waals surface area contributed by atoms with Gasteiger partial charge in [-0.25, -0.2) is 0 Å². The van der Waals surface area contributed by atoms with Gasteiger partial charge in [0.1, 0.15) is 5.82 Å². The highest BCUT2D eigenvalue weighted by atomic mass is 35.5. The average molecular weight is 368 g/mol. The smallest absolute Gasteiger partial charge is 0.253 e. The first-order chi connectivity index (χ1) is 12.5. The van der Waals surface area contributed by atoms with E-state index >= 15 is 0 Å². The minimum Gasteiger partial charge on any atom is -0.379 e. The topological polar surface area (TPSA) is 75.1 Å². The van der Waals surface area contributed by atoms with E-state index in [4.69, 9.17) is 11.6 Å². The molecule has 26 heavy (non-hydrogen) atoms. The first-order valence-electron chi connectivity index (χ1n) is 8.44. The predicted octanol–water partition coefficient (Wildman–Crippen LogP) is 3.71. The predicted molar refractivity (Wildman–Crippen MR) is 104 cm³/mol. The van der Waals surface area contributed by atoms with Crippen LogP contribution in [0.5, 0.6) is 0 Å². The van der Waals surface area contributed by atoms with E-state index in [1.807, 2.05) is 48.7 Å². The number of H-pyrrole nitrogens is 1. The Balaban J connectivity index is 1.67. The number of benzene rings is 1. The van der Waals surface area contributed by atoms with Crippen molar-refractivity contribution in [3.63, 3.8) is 0 Å². The molecule has 0 aliphatic carbocycles. The Labute approximate surface area is 154 Å². The summed E-state index contributed by atoms with van der Waals surface area (Å²) < 4.78 is 1.97. The summed E-state index contributed by atoms with van der Waals surface area (Å²) in [5, 5.41) is 13.3. The molecular formula is C19H18ClN5O. The van der Waals surface area contributed by atoms with Crippen LogP contribution in [-0.2, 0) is 13.0 Å². The standard InChI is InChI=1S/C19H18ClN5O/c1-3-17-23-24-18-6-11(2)16(10-25(17)18)21-9-13-7-12-8-14(20)4-5-15(12)22-19(13)26/h4-8,10,21H,3,9H2,1-2H3,(H,22,26). The van der Waals surface area contributed by atoms with Crippen molar-refractivity contribution in [2.45, 2.75) is 26.8 Å². The molecule has 0 bridgehead atoms. The second-order valence-corrected chi connectivity index (χ2v) is 6.71. The molecule has 1 aromatic carbocycles. The summed E-state index contributed by atoms with van der Waals surface area (Å²) in [6.45, 7) is 4.46. The molecule has 7 heteroatoms. The molecule has 0 fully saturated rings. The molecule has 0 spiro atoms. The van der Waals surface area contributed by atoms with E-state index in [2.05, 4.69) is 20.5 Å². The highest BCUT2D eigenvalue weighted by Gasteiger charge is 2.09. The van der Waals surface area contributed by atoms with Gasteiger partial charge in [0, 0.05) is 40.7 Å². The Kier molecular flexibility index (Phi) is 4.12.